The minimum Gasteiger partial charge on any atom is -0.543 e. The van der Waals surface area contributed by atoms with Gasteiger partial charge in [0.15, 0.2) is 0 Å². The molecule has 210 valence electrons. The fourth-order valence-corrected chi connectivity index (χ4v) is 4.27. The molecular formula is C28H39N3O7-2. The van der Waals surface area contributed by atoms with Crippen molar-refractivity contribution < 1.29 is 34.8 Å². The number of aliphatic carboxylic acids is 2. The summed E-state index contributed by atoms with van der Waals surface area (Å²) in [6, 6.07) is 18.7. The standard InChI is InChI=1S/C26H37N3O2.C2H2O4.H2O/c1-4-26(30)29(24-11-13-25(14-12-24)31-5-2)22(3)21-28-19-17-27(18-20-28)16-15-23-9-7-6-8-10-23;3-1(4)2(5)6;/h6-14,22H,4-5,15-21H2,1-3H3;(H,3,4)(H,5,6);1H2/p-2. The van der Waals surface area contributed by atoms with E-state index in [9.17, 15) is 4.79 Å². The summed E-state index contributed by atoms with van der Waals surface area (Å²) in [7, 11) is 0. The van der Waals surface area contributed by atoms with Crippen molar-refractivity contribution in [2.24, 2.45) is 0 Å². The minimum atomic E-state index is -2.19. The molecule has 2 aromatic carbocycles. The lowest BCUT2D eigenvalue weighted by atomic mass is 10.1. The van der Waals surface area contributed by atoms with Crippen LogP contribution in [-0.4, -0.2) is 85.0 Å². The zero-order valence-corrected chi connectivity index (χ0v) is 22.4. The largest absolute Gasteiger partial charge is 0.543 e. The number of piperazine rings is 1. The van der Waals surface area contributed by atoms with Gasteiger partial charge < -0.3 is 39.8 Å². The highest BCUT2D eigenvalue weighted by molar-refractivity contribution is 6.25. The summed E-state index contributed by atoms with van der Waals surface area (Å²) < 4.78 is 5.55. The molecule has 2 aromatic rings. The van der Waals surface area contributed by atoms with E-state index < -0.39 is 11.9 Å². The molecule has 38 heavy (non-hydrogen) atoms. The van der Waals surface area contributed by atoms with Crippen LogP contribution in [0.4, 0.5) is 5.69 Å². The second kappa shape index (κ2) is 17.1. The van der Waals surface area contributed by atoms with Gasteiger partial charge in [0, 0.05) is 57.4 Å². The highest BCUT2D eigenvalue weighted by Crippen LogP contribution is 2.23. The van der Waals surface area contributed by atoms with Crippen molar-refractivity contribution >= 4 is 23.5 Å². The summed E-state index contributed by atoms with van der Waals surface area (Å²) >= 11 is 0. The normalized spacial score (nSPS) is 14.3. The maximum absolute atomic E-state index is 12.7. The highest BCUT2D eigenvalue weighted by Gasteiger charge is 2.25. The van der Waals surface area contributed by atoms with Crippen LogP contribution in [0.5, 0.6) is 5.75 Å². The topological polar surface area (TPSA) is 148 Å². The van der Waals surface area contributed by atoms with Crippen LogP contribution in [0.2, 0.25) is 0 Å². The third-order valence-electron chi connectivity index (χ3n) is 6.15. The fourth-order valence-electron chi connectivity index (χ4n) is 4.27. The average molecular weight is 530 g/mol. The molecule has 0 aromatic heterocycles. The third kappa shape index (κ3) is 10.9. The van der Waals surface area contributed by atoms with Gasteiger partial charge in [-0.05, 0) is 50.1 Å². The molecule has 1 atom stereocenters. The molecule has 0 aliphatic carbocycles. The summed E-state index contributed by atoms with van der Waals surface area (Å²) in [6.45, 7) is 13.0. The quantitative estimate of drug-likeness (QED) is 0.382. The summed E-state index contributed by atoms with van der Waals surface area (Å²) in [5.74, 6) is -3.36. The summed E-state index contributed by atoms with van der Waals surface area (Å²) in [6.07, 6.45) is 1.61. The predicted octanol–water partition coefficient (Wildman–Crippen LogP) is -0.261. The lowest BCUT2D eigenvalue weighted by molar-refractivity contribution is -0.345. The van der Waals surface area contributed by atoms with Crippen LogP contribution in [0, 0.1) is 0 Å². The molecule has 3 rings (SSSR count). The number of carboxylic acid groups (broad SMARTS) is 2. The van der Waals surface area contributed by atoms with E-state index in [-0.39, 0.29) is 17.4 Å². The molecule has 1 amide bonds. The first-order chi connectivity index (χ1) is 17.7. The second-order valence-corrected chi connectivity index (χ2v) is 8.85. The lowest BCUT2D eigenvalue weighted by Crippen LogP contribution is -2.52. The van der Waals surface area contributed by atoms with Gasteiger partial charge in [0.2, 0.25) is 5.91 Å². The molecular weight excluding hydrogens is 490 g/mol. The van der Waals surface area contributed by atoms with Gasteiger partial charge in [-0.25, -0.2) is 0 Å². The molecule has 1 saturated heterocycles. The van der Waals surface area contributed by atoms with E-state index >= 15 is 0 Å². The molecule has 0 spiro atoms. The Bertz CT molecular complexity index is 966. The number of rotatable bonds is 10. The van der Waals surface area contributed by atoms with Crippen LogP contribution in [0.25, 0.3) is 0 Å². The van der Waals surface area contributed by atoms with Crippen molar-refractivity contribution in [3.63, 3.8) is 0 Å². The first-order valence-electron chi connectivity index (χ1n) is 12.7. The van der Waals surface area contributed by atoms with Crippen LogP contribution >= 0.6 is 0 Å². The molecule has 1 aliphatic heterocycles. The number of nitrogens with zero attached hydrogens (tertiary/aromatic N) is 3. The lowest BCUT2D eigenvalue weighted by Gasteiger charge is -2.38. The number of carbonyl (C=O) groups excluding carboxylic acids is 3. The van der Waals surface area contributed by atoms with Gasteiger partial charge in [-0.2, -0.15) is 0 Å². The fraction of sp³-hybridized carbons (Fsp3) is 0.464. The molecule has 1 aliphatic rings. The van der Waals surface area contributed by atoms with Gasteiger partial charge in [-0.1, -0.05) is 37.3 Å². The number of ether oxygens (including phenoxy) is 1. The molecule has 0 bridgehead atoms. The van der Waals surface area contributed by atoms with Crippen molar-refractivity contribution in [1.82, 2.24) is 9.80 Å². The Hall–Kier alpha value is -3.47. The third-order valence-corrected chi connectivity index (χ3v) is 6.15. The summed E-state index contributed by atoms with van der Waals surface area (Å²) in [5, 5.41) is 17.9. The van der Waals surface area contributed by atoms with Crippen molar-refractivity contribution in [1.29, 1.82) is 0 Å². The molecule has 2 N–H and O–H groups in total. The highest BCUT2D eigenvalue weighted by atomic mass is 16.5. The molecule has 1 fully saturated rings. The Kier molecular flexibility index (Phi) is 14.7. The first kappa shape index (κ1) is 32.6. The van der Waals surface area contributed by atoms with Crippen molar-refractivity contribution in [3.05, 3.63) is 60.2 Å². The zero-order valence-electron chi connectivity index (χ0n) is 22.4. The Balaban J connectivity index is 0.000000925. The van der Waals surface area contributed by atoms with Gasteiger partial charge in [-0.15, -0.1) is 0 Å². The summed E-state index contributed by atoms with van der Waals surface area (Å²) in [5.41, 5.74) is 2.35. The van der Waals surface area contributed by atoms with Crippen molar-refractivity contribution in [2.75, 3.05) is 50.8 Å². The van der Waals surface area contributed by atoms with E-state index in [0.29, 0.717) is 13.0 Å². The number of hydrogen-bond donors (Lipinski definition) is 0. The Labute approximate surface area is 224 Å². The van der Waals surface area contributed by atoms with E-state index in [1.54, 1.807) is 0 Å². The number of carbonyl (C=O) groups is 3. The number of anilines is 1. The van der Waals surface area contributed by atoms with Gasteiger partial charge in [0.25, 0.3) is 0 Å². The molecule has 1 heterocycles. The van der Waals surface area contributed by atoms with Gasteiger partial charge in [0.1, 0.15) is 5.75 Å². The Morgan fingerprint density at radius 3 is 1.95 bits per heavy atom. The molecule has 10 heteroatoms. The molecule has 0 saturated carbocycles. The number of hydrogen-bond acceptors (Lipinski definition) is 8. The minimum absolute atomic E-state index is 0. The average Bonchev–Trinajstić information content (AvgIpc) is 2.90. The smallest absolute Gasteiger partial charge is 0.226 e. The van der Waals surface area contributed by atoms with Gasteiger partial charge in [0.05, 0.1) is 18.5 Å². The van der Waals surface area contributed by atoms with Crippen LogP contribution in [0.1, 0.15) is 32.8 Å². The number of amides is 1. The second-order valence-electron chi connectivity index (χ2n) is 8.85. The van der Waals surface area contributed by atoms with Gasteiger partial charge in [-0.3, -0.25) is 9.69 Å². The monoisotopic (exact) mass is 529 g/mol. The molecule has 0 radical (unpaired) electrons. The summed E-state index contributed by atoms with van der Waals surface area (Å²) in [4.78, 5) is 37.6. The van der Waals surface area contributed by atoms with E-state index in [0.717, 1.165) is 57.1 Å². The van der Waals surface area contributed by atoms with Gasteiger partial charge >= 0.3 is 0 Å². The van der Waals surface area contributed by atoms with Crippen LogP contribution in [0.3, 0.4) is 0 Å². The maximum Gasteiger partial charge on any atom is 0.226 e. The predicted molar refractivity (Wildman–Crippen MR) is 142 cm³/mol. The van der Waals surface area contributed by atoms with E-state index in [1.807, 2.05) is 43.0 Å². The zero-order chi connectivity index (χ0) is 27.2. The van der Waals surface area contributed by atoms with Crippen molar-refractivity contribution in [2.45, 2.75) is 39.7 Å². The molecule has 1 unspecified atom stereocenters. The van der Waals surface area contributed by atoms with Crippen LogP contribution in [-0.2, 0) is 20.8 Å². The molecule has 10 nitrogen and oxygen atoms in total. The Morgan fingerprint density at radius 1 is 0.895 bits per heavy atom. The van der Waals surface area contributed by atoms with Crippen molar-refractivity contribution in [3.8, 4) is 5.75 Å². The van der Waals surface area contributed by atoms with E-state index in [4.69, 9.17) is 24.5 Å². The first-order valence-corrected chi connectivity index (χ1v) is 12.7. The Morgan fingerprint density at radius 2 is 1.45 bits per heavy atom. The number of benzene rings is 2. The van der Waals surface area contributed by atoms with E-state index in [1.165, 1.54) is 5.56 Å². The maximum atomic E-state index is 12.7. The SMILES string of the molecule is CCOc1ccc(N(C(=O)CC)C(C)CN2CCN(CCc3ccccc3)CC2)cc1.O.O=C([O-])C(=O)[O-]. The van der Waals surface area contributed by atoms with E-state index in [2.05, 4.69) is 47.1 Å². The van der Waals surface area contributed by atoms with Crippen LogP contribution in [0.15, 0.2) is 54.6 Å². The van der Waals surface area contributed by atoms with Crippen LogP contribution < -0.4 is 19.8 Å². The number of carboxylic acids is 2.